The maximum Gasteiger partial charge on any atom is 0.325 e. The lowest BCUT2D eigenvalue weighted by Crippen LogP contribution is -2.47. The number of hydrogen-bond donors (Lipinski definition) is 1. The molecule has 0 radical (unpaired) electrons. The highest BCUT2D eigenvalue weighted by molar-refractivity contribution is 5.78. The van der Waals surface area contributed by atoms with Gasteiger partial charge in [-0.1, -0.05) is 0 Å². The summed E-state index contributed by atoms with van der Waals surface area (Å²) in [6.45, 7) is 4.76. The summed E-state index contributed by atoms with van der Waals surface area (Å²) < 4.78 is 6.75. The summed E-state index contributed by atoms with van der Waals surface area (Å²) in [6, 6.07) is 1.86. The van der Waals surface area contributed by atoms with E-state index in [-0.39, 0.29) is 18.4 Å². The van der Waals surface area contributed by atoms with Crippen molar-refractivity contribution in [1.82, 2.24) is 19.6 Å². The van der Waals surface area contributed by atoms with Gasteiger partial charge in [-0.05, 0) is 18.9 Å². The number of morpholine rings is 1. The Morgan fingerprint density at radius 2 is 2.04 bits per heavy atom. The lowest BCUT2D eigenvalue weighted by molar-refractivity contribution is -0.138. The molecule has 1 N–H and O–H groups in total. The molecule has 1 aromatic rings. The van der Waals surface area contributed by atoms with Crippen molar-refractivity contribution in [3.8, 4) is 0 Å². The van der Waals surface area contributed by atoms with E-state index >= 15 is 0 Å². The molecule has 3 rings (SSSR count). The third kappa shape index (κ3) is 4.33. The van der Waals surface area contributed by atoms with E-state index in [1.807, 2.05) is 11.0 Å². The van der Waals surface area contributed by atoms with Gasteiger partial charge in [-0.15, -0.1) is 0 Å². The molecule has 1 unspecified atom stereocenters. The van der Waals surface area contributed by atoms with Crippen LogP contribution in [-0.4, -0.2) is 82.5 Å². The fraction of sp³-hybridized carbons (Fsp3) is 0.688. The Hall–Kier alpha value is -1.93. The molecule has 2 aliphatic rings. The number of hydrogen-bond acceptors (Lipinski definition) is 5. The third-order valence-corrected chi connectivity index (χ3v) is 4.61. The highest BCUT2D eigenvalue weighted by atomic mass is 16.5. The Labute approximate surface area is 141 Å². The molecule has 8 heteroatoms. The summed E-state index contributed by atoms with van der Waals surface area (Å²) in [5, 5.41) is 13.2. The number of carboxylic acids is 1. The van der Waals surface area contributed by atoms with Crippen molar-refractivity contribution in [2.24, 2.45) is 0 Å². The van der Waals surface area contributed by atoms with Crippen molar-refractivity contribution < 1.29 is 19.4 Å². The van der Waals surface area contributed by atoms with Gasteiger partial charge in [0.15, 0.2) is 0 Å². The number of rotatable bonds is 5. The summed E-state index contributed by atoms with van der Waals surface area (Å²) in [5.74, 6) is -0.565. The van der Waals surface area contributed by atoms with Crippen LogP contribution in [0.5, 0.6) is 0 Å². The fourth-order valence-electron chi connectivity index (χ4n) is 3.32. The molecule has 1 atom stereocenters. The van der Waals surface area contributed by atoms with Gasteiger partial charge in [0.25, 0.3) is 0 Å². The average Bonchev–Trinajstić information content (AvgIpc) is 3.03. The third-order valence-electron chi connectivity index (χ3n) is 4.61. The van der Waals surface area contributed by atoms with Gasteiger partial charge in [-0.2, -0.15) is 5.10 Å². The monoisotopic (exact) mass is 336 g/mol. The van der Waals surface area contributed by atoms with Gasteiger partial charge in [0.1, 0.15) is 6.54 Å². The van der Waals surface area contributed by atoms with E-state index in [0.717, 1.165) is 38.2 Å². The quantitative estimate of drug-likeness (QED) is 0.815. The molecule has 1 amide bonds. The van der Waals surface area contributed by atoms with E-state index in [1.54, 1.807) is 6.20 Å². The highest BCUT2D eigenvalue weighted by Crippen LogP contribution is 2.25. The molecule has 2 saturated heterocycles. The van der Waals surface area contributed by atoms with Crippen molar-refractivity contribution in [1.29, 1.82) is 0 Å². The highest BCUT2D eigenvalue weighted by Gasteiger charge is 2.27. The summed E-state index contributed by atoms with van der Waals surface area (Å²) in [5.41, 5.74) is 0.875. The molecule has 0 aliphatic carbocycles. The number of aromatic nitrogens is 2. The first kappa shape index (κ1) is 16.9. The second-order valence-corrected chi connectivity index (χ2v) is 6.40. The second-order valence-electron chi connectivity index (χ2n) is 6.40. The maximum atomic E-state index is 12.5. The van der Waals surface area contributed by atoms with Crippen LogP contribution in [0, 0.1) is 0 Å². The summed E-state index contributed by atoms with van der Waals surface area (Å²) >= 11 is 0. The van der Waals surface area contributed by atoms with Gasteiger partial charge in [0.2, 0.25) is 5.91 Å². The molecule has 1 aromatic heterocycles. The molecule has 2 fully saturated rings. The number of likely N-dealkylation sites (tertiary alicyclic amines) is 1. The zero-order valence-electron chi connectivity index (χ0n) is 13.8. The molecule has 2 aliphatic heterocycles. The van der Waals surface area contributed by atoms with Gasteiger partial charge < -0.3 is 14.7 Å². The zero-order valence-corrected chi connectivity index (χ0v) is 13.8. The summed E-state index contributed by atoms with van der Waals surface area (Å²) in [4.78, 5) is 27.3. The second kappa shape index (κ2) is 7.76. The molecule has 3 heterocycles. The standard InChI is InChI=1S/C16H24N4O4/c21-15(11-18-6-8-24-9-7-18)19-4-1-2-13(10-19)14-3-5-20(17-14)12-16(22)23/h3,5,13H,1-2,4,6-12H2,(H,22,23). The lowest BCUT2D eigenvalue weighted by atomic mass is 9.95. The summed E-state index contributed by atoms with van der Waals surface area (Å²) in [7, 11) is 0. The smallest absolute Gasteiger partial charge is 0.325 e. The fourth-order valence-corrected chi connectivity index (χ4v) is 3.32. The van der Waals surface area contributed by atoms with Crippen LogP contribution < -0.4 is 0 Å². The Morgan fingerprint density at radius 3 is 2.79 bits per heavy atom. The Morgan fingerprint density at radius 1 is 1.25 bits per heavy atom. The van der Waals surface area contributed by atoms with E-state index in [0.29, 0.717) is 26.3 Å². The number of carbonyl (C=O) groups excluding carboxylic acids is 1. The molecule has 0 saturated carbocycles. The van der Waals surface area contributed by atoms with Crippen LogP contribution in [0.4, 0.5) is 0 Å². The minimum atomic E-state index is -0.907. The predicted octanol–water partition coefficient (Wildman–Crippen LogP) is 0.00590. The largest absolute Gasteiger partial charge is 0.480 e. The van der Waals surface area contributed by atoms with Crippen LogP contribution in [-0.2, 0) is 20.9 Å². The van der Waals surface area contributed by atoms with Gasteiger partial charge in [-0.3, -0.25) is 19.2 Å². The zero-order chi connectivity index (χ0) is 16.9. The number of ether oxygens (including phenoxy) is 1. The number of amides is 1. The Balaban J connectivity index is 1.56. The maximum absolute atomic E-state index is 12.5. The SMILES string of the molecule is O=C(O)Cn1ccc(C2CCCN(C(=O)CN3CCOCC3)C2)n1. The minimum absolute atomic E-state index is 0.133. The molecular weight excluding hydrogens is 312 g/mol. The molecule has 24 heavy (non-hydrogen) atoms. The normalized spacial score (nSPS) is 22.5. The lowest BCUT2D eigenvalue weighted by Gasteiger charge is -2.34. The first-order valence-corrected chi connectivity index (χ1v) is 8.45. The van der Waals surface area contributed by atoms with Crippen LogP contribution in [0.2, 0.25) is 0 Å². The minimum Gasteiger partial charge on any atom is -0.480 e. The number of nitrogens with zero attached hydrogens (tertiary/aromatic N) is 4. The van der Waals surface area contributed by atoms with Crippen LogP contribution in [0.25, 0.3) is 0 Å². The average molecular weight is 336 g/mol. The molecule has 0 aromatic carbocycles. The first-order chi connectivity index (χ1) is 11.6. The van der Waals surface area contributed by atoms with Crippen molar-refractivity contribution in [3.63, 3.8) is 0 Å². The molecule has 132 valence electrons. The summed E-state index contributed by atoms with van der Waals surface area (Å²) in [6.07, 6.45) is 3.62. The van der Waals surface area contributed by atoms with E-state index in [4.69, 9.17) is 9.84 Å². The van der Waals surface area contributed by atoms with Gasteiger partial charge in [0, 0.05) is 38.3 Å². The first-order valence-electron chi connectivity index (χ1n) is 8.45. The van der Waals surface area contributed by atoms with Gasteiger partial charge in [-0.25, -0.2) is 0 Å². The van der Waals surface area contributed by atoms with Gasteiger partial charge >= 0.3 is 5.97 Å². The van der Waals surface area contributed by atoms with E-state index in [2.05, 4.69) is 10.00 Å². The predicted molar refractivity (Wildman–Crippen MR) is 85.7 cm³/mol. The van der Waals surface area contributed by atoms with Crippen molar-refractivity contribution in [3.05, 3.63) is 18.0 Å². The van der Waals surface area contributed by atoms with E-state index < -0.39 is 5.97 Å². The van der Waals surface area contributed by atoms with Crippen LogP contribution in [0.15, 0.2) is 12.3 Å². The number of carbonyl (C=O) groups is 2. The molecular formula is C16H24N4O4. The number of piperidine rings is 1. The van der Waals surface area contributed by atoms with Crippen molar-refractivity contribution >= 4 is 11.9 Å². The topological polar surface area (TPSA) is 87.9 Å². The Bertz CT molecular complexity index is 582. The number of carboxylic acid groups (broad SMARTS) is 1. The molecule has 8 nitrogen and oxygen atoms in total. The molecule has 0 spiro atoms. The van der Waals surface area contributed by atoms with Crippen LogP contribution >= 0.6 is 0 Å². The van der Waals surface area contributed by atoms with Crippen LogP contribution in [0.1, 0.15) is 24.5 Å². The van der Waals surface area contributed by atoms with E-state index in [9.17, 15) is 9.59 Å². The van der Waals surface area contributed by atoms with Gasteiger partial charge in [0.05, 0.1) is 25.5 Å². The molecule has 0 bridgehead atoms. The number of aliphatic carboxylic acids is 1. The van der Waals surface area contributed by atoms with Crippen molar-refractivity contribution in [2.75, 3.05) is 45.9 Å². The van der Waals surface area contributed by atoms with E-state index in [1.165, 1.54) is 4.68 Å². The van der Waals surface area contributed by atoms with Crippen LogP contribution in [0.3, 0.4) is 0 Å². The Kier molecular flexibility index (Phi) is 5.47. The van der Waals surface area contributed by atoms with Crippen molar-refractivity contribution in [2.45, 2.75) is 25.3 Å².